The smallest absolute Gasteiger partial charge is 0.274 e. The summed E-state index contributed by atoms with van der Waals surface area (Å²) in [6.45, 7) is 1.61. The Kier molecular flexibility index (Phi) is 4.73. The third kappa shape index (κ3) is 3.60. The molecule has 0 saturated carbocycles. The first-order valence-corrected chi connectivity index (χ1v) is 6.68. The van der Waals surface area contributed by atoms with Crippen LogP contribution in [0, 0.1) is 17.0 Å². The number of nitrogens with one attached hydrogen (secondary N) is 1. The Hall–Kier alpha value is -2.89. The molecule has 6 nitrogen and oxygen atoms in total. The fourth-order valence-corrected chi connectivity index (χ4v) is 2.12. The second-order valence-corrected chi connectivity index (χ2v) is 4.78. The van der Waals surface area contributed by atoms with Crippen molar-refractivity contribution in [2.75, 3.05) is 12.4 Å². The van der Waals surface area contributed by atoms with Crippen LogP contribution in [-0.2, 0) is 11.2 Å². The first kappa shape index (κ1) is 15.5. The Balaban J connectivity index is 2.12. The molecule has 0 heterocycles. The summed E-state index contributed by atoms with van der Waals surface area (Å²) in [7, 11) is 1.56. The van der Waals surface area contributed by atoms with Gasteiger partial charge in [0.25, 0.3) is 5.69 Å². The topological polar surface area (TPSA) is 81.5 Å². The van der Waals surface area contributed by atoms with Gasteiger partial charge in [0.15, 0.2) is 0 Å². The number of carbonyl (C=O) groups is 1. The Morgan fingerprint density at radius 1 is 1.27 bits per heavy atom. The zero-order valence-electron chi connectivity index (χ0n) is 12.3. The number of hydrogen-bond acceptors (Lipinski definition) is 4. The number of hydrogen-bond donors (Lipinski definition) is 1. The van der Waals surface area contributed by atoms with Crippen molar-refractivity contribution in [1.82, 2.24) is 0 Å². The minimum Gasteiger partial charge on any atom is -0.497 e. The third-order valence-corrected chi connectivity index (χ3v) is 3.27. The summed E-state index contributed by atoms with van der Waals surface area (Å²) in [5.74, 6) is 0.439. The number of anilines is 1. The third-order valence-electron chi connectivity index (χ3n) is 3.27. The number of amides is 1. The van der Waals surface area contributed by atoms with Crippen LogP contribution >= 0.6 is 0 Å². The maximum Gasteiger partial charge on any atom is 0.274 e. The highest BCUT2D eigenvalue weighted by atomic mass is 16.6. The van der Waals surface area contributed by atoms with Crippen molar-refractivity contribution in [2.45, 2.75) is 13.3 Å². The van der Waals surface area contributed by atoms with E-state index in [2.05, 4.69) is 5.32 Å². The van der Waals surface area contributed by atoms with Crippen molar-refractivity contribution in [2.24, 2.45) is 0 Å². The number of methoxy groups -OCH3 is 1. The summed E-state index contributed by atoms with van der Waals surface area (Å²) in [4.78, 5) is 22.5. The molecular weight excluding hydrogens is 284 g/mol. The molecular formula is C16H16N2O4. The van der Waals surface area contributed by atoms with Gasteiger partial charge in [0.2, 0.25) is 5.91 Å². The van der Waals surface area contributed by atoms with Gasteiger partial charge in [-0.2, -0.15) is 0 Å². The highest BCUT2D eigenvalue weighted by Gasteiger charge is 2.15. The number of ether oxygens (including phenoxy) is 1. The van der Waals surface area contributed by atoms with E-state index in [4.69, 9.17) is 4.74 Å². The Labute approximate surface area is 127 Å². The standard InChI is InChI=1S/C16H16N2O4/c1-11-14(7-4-8-15(11)18(20)21)17-16(19)10-12-5-3-6-13(9-12)22-2/h3-9H,10H2,1-2H3,(H,17,19). The molecule has 0 unspecified atom stereocenters. The summed E-state index contributed by atoms with van der Waals surface area (Å²) in [5.41, 5.74) is 1.67. The number of benzene rings is 2. The molecule has 0 saturated heterocycles. The lowest BCUT2D eigenvalue weighted by molar-refractivity contribution is -0.385. The van der Waals surface area contributed by atoms with Gasteiger partial charge >= 0.3 is 0 Å². The molecule has 0 atom stereocenters. The van der Waals surface area contributed by atoms with Crippen LogP contribution in [-0.4, -0.2) is 17.9 Å². The Bertz CT molecular complexity index is 713. The Morgan fingerprint density at radius 2 is 2.00 bits per heavy atom. The van der Waals surface area contributed by atoms with E-state index in [1.807, 2.05) is 6.07 Å². The minimum absolute atomic E-state index is 0.0146. The average molecular weight is 300 g/mol. The molecule has 0 spiro atoms. The molecule has 1 N–H and O–H groups in total. The van der Waals surface area contributed by atoms with Crippen molar-refractivity contribution >= 4 is 17.3 Å². The molecule has 6 heteroatoms. The molecule has 0 aromatic heterocycles. The molecule has 0 aliphatic heterocycles. The lowest BCUT2D eigenvalue weighted by Gasteiger charge is -2.09. The second-order valence-electron chi connectivity index (χ2n) is 4.78. The molecule has 0 aliphatic rings. The quantitative estimate of drug-likeness (QED) is 0.679. The van der Waals surface area contributed by atoms with E-state index in [9.17, 15) is 14.9 Å². The first-order chi connectivity index (χ1) is 10.5. The zero-order valence-corrected chi connectivity index (χ0v) is 12.3. The van der Waals surface area contributed by atoms with Gasteiger partial charge in [0, 0.05) is 6.07 Å². The summed E-state index contributed by atoms with van der Waals surface area (Å²) in [6.07, 6.45) is 0.166. The van der Waals surface area contributed by atoms with Crippen LogP contribution in [0.1, 0.15) is 11.1 Å². The molecule has 2 aromatic rings. The van der Waals surface area contributed by atoms with Crippen LogP contribution in [0.15, 0.2) is 42.5 Å². The van der Waals surface area contributed by atoms with Crippen molar-refractivity contribution in [3.63, 3.8) is 0 Å². The van der Waals surface area contributed by atoms with E-state index in [1.165, 1.54) is 6.07 Å². The van der Waals surface area contributed by atoms with Gasteiger partial charge in [-0.3, -0.25) is 14.9 Å². The molecule has 0 radical (unpaired) electrons. The summed E-state index contributed by atoms with van der Waals surface area (Å²) in [6, 6.07) is 11.8. The lowest BCUT2D eigenvalue weighted by Crippen LogP contribution is -2.15. The predicted molar refractivity (Wildman–Crippen MR) is 83.2 cm³/mol. The van der Waals surface area contributed by atoms with Crippen LogP contribution in [0.25, 0.3) is 0 Å². The molecule has 0 fully saturated rings. The van der Waals surface area contributed by atoms with Crippen molar-refractivity contribution in [1.29, 1.82) is 0 Å². The van der Waals surface area contributed by atoms with E-state index in [1.54, 1.807) is 44.4 Å². The fourth-order valence-electron chi connectivity index (χ4n) is 2.12. The fraction of sp³-hybridized carbons (Fsp3) is 0.188. The van der Waals surface area contributed by atoms with E-state index in [0.29, 0.717) is 17.0 Å². The lowest BCUT2D eigenvalue weighted by atomic mass is 10.1. The number of nitrogens with zero attached hydrogens (tertiary/aromatic N) is 1. The van der Waals surface area contributed by atoms with Gasteiger partial charge in [-0.25, -0.2) is 0 Å². The summed E-state index contributed by atoms with van der Waals surface area (Å²) < 4.78 is 5.11. The van der Waals surface area contributed by atoms with Crippen LogP contribution in [0.5, 0.6) is 5.75 Å². The summed E-state index contributed by atoms with van der Waals surface area (Å²) in [5, 5.41) is 13.6. The monoisotopic (exact) mass is 300 g/mol. The second kappa shape index (κ2) is 6.71. The van der Waals surface area contributed by atoms with Crippen molar-refractivity contribution < 1.29 is 14.5 Å². The van der Waals surface area contributed by atoms with E-state index in [-0.39, 0.29) is 18.0 Å². The molecule has 1 amide bonds. The summed E-state index contributed by atoms with van der Waals surface area (Å²) >= 11 is 0. The molecule has 22 heavy (non-hydrogen) atoms. The van der Waals surface area contributed by atoms with Gasteiger partial charge in [-0.05, 0) is 30.7 Å². The molecule has 114 valence electrons. The molecule has 2 rings (SSSR count). The van der Waals surface area contributed by atoms with Gasteiger partial charge in [0.1, 0.15) is 5.75 Å². The maximum absolute atomic E-state index is 12.1. The molecule has 0 bridgehead atoms. The minimum atomic E-state index is -0.465. The van der Waals surface area contributed by atoms with Crippen LogP contribution < -0.4 is 10.1 Å². The van der Waals surface area contributed by atoms with Gasteiger partial charge in [-0.15, -0.1) is 0 Å². The van der Waals surface area contributed by atoms with E-state index >= 15 is 0 Å². The highest BCUT2D eigenvalue weighted by molar-refractivity contribution is 5.93. The van der Waals surface area contributed by atoms with E-state index in [0.717, 1.165) is 5.56 Å². The number of carbonyl (C=O) groups excluding carboxylic acids is 1. The van der Waals surface area contributed by atoms with Crippen LogP contribution in [0.2, 0.25) is 0 Å². The number of nitro benzene ring substituents is 1. The van der Waals surface area contributed by atoms with Gasteiger partial charge in [-0.1, -0.05) is 18.2 Å². The Morgan fingerprint density at radius 3 is 2.68 bits per heavy atom. The number of rotatable bonds is 5. The SMILES string of the molecule is COc1cccc(CC(=O)Nc2cccc([N+](=O)[O-])c2C)c1. The van der Waals surface area contributed by atoms with Gasteiger partial charge < -0.3 is 10.1 Å². The predicted octanol–water partition coefficient (Wildman–Crippen LogP) is 3.09. The van der Waals surface area contributed by atoms with E-state index < -0.39 is 4.92 Å². The normalized spacial score (nSPS) is 10.1. The van der Waals surface area contributed by atoms with Crippen molar-refractivity contribution in [3.05, 3.63) is 63.7 Å². The maximum atomic E-state index is 12.1. The molecule has 2 aromatic carbocycles. The van der Waals surface area contributed by atoms with Crippen LogP contribution in [0.4, 0.5) is 11.4 Å². The molecule has 0 aliphatic carbocycles. The number of nitro groups is 1. The first-order valence-electron chi connectivity index (χ1n) is 6.68. The average Bonchev–Trinajstić information content (AvgIpc) is 2.49. The van der Waals surface area contributed by atoms with Gasteiger partial charge in [0.05, 0.1) is 29.7 Å². The van der Waals surface area contributed by atoms with Crippen LogP contribution in [0.3, 0.4) is 0 Å². The zero-order chi connectivity index (χ0) is 16.1. The van der Waals surface area contributed by atoms with Crippen molar-refractivity contribution in [3.8, 4) is 5.75 Å². The highest BCUT2D eigenvalue weighted by Crippen LogP contribution is 2.25. The largest absolute Gasteiger partial charge is 0.497 e.